The SMILES string of the molecule is COCCCNC(=O)C1CCCN1C(=O)c1ccc(NS(=O)(=O)c2ccc(OC)cc2)cc1. The minimum atomic E-state index is -3.78. The summed E-state index contributed by atoms with van der Waals surface area (Å²) in [5, 5.41) is 2.86. The van der Waals surface area contributed by atoms with Crippen molar-refractivity contribution in [1.82, 2.24) is 10.2 Å². The third-order valence-corrected chi connectivity index (χ3v) is 6.79. The quantitative estimate of drug-likeness (QED) is 0.510. The molecule has 0 bridgehead atoms. The first kappa shape index (κ1) is 24.5. The number of hydrogen-bond acceptors (Lipinski definition) is 6. The smallest absolute Gasteiger partial charge is 0.261 e. The summed E-state index contributed by atoms with van der Waals surface area (Å²) < 4.78 is 37.7. The van der Waals surface area contributed by atoms with Gasteiger partial charge in [0.1, 0.15) is 11.8 Å². The molecule has 0 aromatic heterocycles. The van der Waals surface area contributed by atoms with Crippen LogP contribution in [0.15, 0.2) is 53.4 Å². The number of carbonyl (C=O) groups excluding carboxylic acids is 2. The number of carbonyl (C=O) groups is 2. The van der Waals surface area contributed by atoms with Gasteiger partial charge < -0.3 is 19.7 Å². The van der Waals surface area contributed by atoms with E-state index in [-0.39, 0.29) is 16.7 Å². The van der Waals surface area contributed by atoms with Gasteiger partial charge in [-0.15, -0.1) is 0 Å². The van der Waals surface area contributed by atoms with Crippen LogP contribution in [-0.4, -0.2) is 65.1 Å². The number of nitrogens with one attached hydrogen (secondary N) is 2. The van der Waals surface area contributed by atoms with Crippen LogP contribution in [0.5, 0.6) is 5.75 Å². The van der Waals surface area contributed by atoms with Crippen molar-refractivity contribution < 1.29 is 27.5 Å². The fourth-order valence-electron chi connectivity index (χ4n) is 3.64. The Kier molecular flexibility index (Phi) is 8.29. The van der Waals surface area contributed by atoms with Gasteiger partial charge in [0.25, 0.3) is 15.9 Å². The molecule has 0 spiro atoms. The second-order valence-electron chi connectivity index (χ2n) is 7.65. The van der Waals surface area contributed by atoms with Gasteiger partial charge in [-0.25, -0.2) is 8.42 Å². The average Bonchev–Trinajstić information content (AvgIpc) is 3.32. The van der Waals surface area contributed by atoms with Crippen molar-refractivity contribution in [2.24, 2.45) is 0 Å². The van der Waals surface area contributed by atoms with Gasteiger partial charge in [-0.3, -0.25) is 14.3 Å². The molecule has 0 aliphatic carbocycles. The zero-order valence-corrected chi connectivity index (χ0v) is 19.6. The lowest BCUT2D eigenvalue weighted by atomic mass is 10.1. The lowest BCUT2D eigenvalue weighted by Gasteiger charge is -2.24. The Labute approximate surface area is 194 Å². The number of benzene rings is 2. The number of sulfonamides is 1. The Morgan fingerprint density at radius 1 is 1.06 bits per heavy atom. The third-order valence-electron chi connectivity index (χ3n) is 5.39. The van der Waals surface area contributed by atoms with Gasteiger partial charge in [0.05, 0.1) is 12.0 Å². The molecule has 1 unspecified atom stereocenters. The van der Waals surface area contributed by atoms with Crippen LogP contribution in [0.4, 0.5) is 5.69 Å². The molecule has 2 aromatic rings. The Bertz CT molecular complexity index is 1050. The van der Waals surface area contributed by atoms with Crippen LogP contribution in [0.2, 0.25) is 0 Å². The first-order chi connectivity index (χ1) is 15.9. The fourth-order valence-corrected chi connectivity index (χ4v) is 4.70. The van der Waals surface area contributed by atoms with E-state index in [4.69, 9.17) is 9.47 Å². The number of methoxy groups -OCH3 is 2. The summed E-state index contributed by atoms with van der Waals surface area (Å²) in [6.45, 7) is 1.55. The van der Waals surface area contributed by atoms with E-state index in [9.17, 15) is 18.0 Å². The highest BCUT2D eigenvalue weighted by molar-refractivity contribution is 7.92. The number of rotatable bonds is 10. The van der Waals surface area contributed by atoms with E-state index in [1.54, 1.807) is 36.3 Å². The molecule has 1 heterocycles. The highest BCUT2D eigenvalue weighted by Gasteiger charge is 2.34. The summed E-state index contributed by atoms with van der Waals surface area (Å²) in [6, 6.07) is 11.7. The molecule has 3 rings (SSSR count). The van der Waals surface area contributed by atoms with E-state index >= 15 is 0 Å². The lowest BCUT2D eigenvalue weighted by molar-refractivity contribution is -0.124. The standard InChI is InChI=1S/C23H29N3O6S/c1-31-16-4-14-24-22(27)21-5-3-15-26(21)23(28)17-6-8-18(9-7-17)25-33(29,30)20-12-10-19(32-2)11-13-20/h6-13,21,25H,3-5,14-16H2,1-2H3,(H,24,27). The first-order valence-electron chi connectivity index (χ1n) is 10.7. The molecule has 178 valence electrons. The summed E-state index contributed by atoms with van der Waals surface area (Å²) in [6.07, 6.45) is 2.07. The second-order valence-corrected chi connectivity index (χ2v) is 9.33. The number of amides is 2. The van der Waals surface area contributed by atoms with E-state index in [0.717, 1.165) is 6.42 Å². The lowest BCUT2D eigenvalue weighted by Crippen LogP contribution is -2.46. The second kappa shape index (κ2) is 11.2. The van der Waals surface area contributed by atoms with Crippen molar-refractivity contribution in [3.05, 3.63) is 54.1 Å². The molecule has 1 aliphatic heterocycles. The molecule has 1 atom stereocenters. The zero-order chi connectivity index (χ0) is 23.8. The molecule has 33 heavy (non-hydrogen) atoms. The van der Waals surface area contributed by atoms with Crippen LogP contribution in [0.25, 0.3) is 0 Å². The van der Waals surface area contributed by atoms with Gasteiger partial charge in [0, 0.05) is 38.1 Å². The van der Waals surface area contributed by atoms with E-state index in [1.807, 2.05) is 0 Å². The van der Waals surface area contributed by atoms with E-state index in [2.05, 4.69) is 10.0 Å². The molecule has 2 amide bonds. The minimum Gasteiger partial charge on any atom is -0.497 e. The van der Waals surface area contributed by atoms with Crippen molar-refractivity contribution in [3.63, 3.8) is 0 Å². The van der Waals surface area contributed by atoms with Crippen LogP contribution in [0, 0.1) is 0 Å². The highest BCUT2D eigenvalue weighted by Crippen LogP contribution is 2.23. The minimum absolute atomic E-state index is 0.0971. The Morgan fingerprint density at radius 3 is 2.39 bits per heavy atom. The Balaban J connectivity index is 1.63. The summed E-state index contributed by atoms with van der Waals surface area (Å²) in [5.74, 6) is 0.135. The molecule has 1 aliphatic rings. The van der Waals surface area contributed by atoms with Gasteiger partial charge in [-0.1, -0.05) is 0 Å². The normalized spacial score (nSPS) is 15.8. The molecule has 1 fully saturated rings. The Hall–Kier alpha value is -3.11. The molecule has 10 heteroatoms. The van der Waals surface area contributed by atoms with Crippen molar-refractivity contribution in [2.45, 2.75) is 30.2 Å². The molecule has 2 N–H and O–H groups in total. The molecule has 9 nitrogen and oxygen atoms in total. The van der Waals surface area contributed by atoms with Crippen LogP contribution in [0.3, 0.4) is 0 Å². The summed E-state index contributed by atoms with van der Waals surface area (Å²) >= 11 is 0. The number of hydrogen-bond donors (Lipinski definition) is 2. The molecular formula is C23H29N3O6S. The van der Waals surface area contributed by atoms with E-state index in [0.29, 0.717) is 49.5 Å². The fraction of sp³-hybridized carbons (Fsp3) is 0.391. The van der Waals surface area contributed by atoms with Gasteiger partial charge >= 0.3 is 0 Å². The molecule has 0 radical (unpaired) electrons. The van der Waals surface area contributed by atoms with Gasteiger partial charge in [-0.2, -0.15) is 0 Å². The largest absolute Gasteiger partial charge is 0.497 e. The topological polar surface area (TPSA) is 114 Å². The zero-order valence-electron chi connectivity index (χ0n) is 18.7. The number of anilines is 1. The maximum atomic E-state index is 13.0. The molecule has 1 saturated heterocycles. The average molecular weight is 476 g/mol. The van der Waals surface area contributed by atoms with Crippen LogP contribution >= 0.6 is 0 Å². The maximum Gasteiger partial charge on any atom is 0.261 e. The molecule has 2 aromatic carbocycles. The van der Waals surface area contributed by atoms with Gasteiger partial charge in [-0.05, 0) is 67.8 Å². The van der Waals surface area contributed by atoms with Crippen molar-refractivity contribution in [1.29, 1.82) is 0 Å². The summed E-state index contributed by atoms with van der Waals surface area (Å²) in [7, 11) is -0.673. The van der Waals surface area contributed by atoms with E-state index < -0.39 is 16.1 Å². The summed E-state index contributed by atoms with van der Waals surface area (Å²) in [4.78, 5) is 27.2. The number of likely N-dealkylation sites (tertiary alicyclic amines) is 1. The van der Waals surface area contributed by atoms with Gasteiger partial charge in [0.15, 0.2) is 0 Å². The highest BCUT2D eigenvalue weighted by atomic mass is 32.2. The van der Waals surface area contributed by atoms with Gasteiger partial charge in [0.2, 0.25) is 5.91 Å². The van der Waals surface area contributed by atoms with E-state index in [1.165, 1.54) is 31.4 Å². The number of ether oxygens (including phenoxy) is 2. The molecular weight excluding hydrogens is 446 g/mol. The van der Waals surface area contributed by atoms with Crippen molar-refractivity contribution in [3.8, 4) is 5.75 Å². The first-order valence-corrected chi connectivity index (χ1v) is 12.2. The van der Waals surface area contributed by atoms with Crippen LogP contribution < -0.4 is 14.8 Å². The monoisotopic (exact) mass is 475 g/mol. The molecule has 0 saturated carbocycles. The maximum absolute atomic E-state index is 13.0. The van der Waals surface area contributed by atoms with Crippen molar-refractivity contribution >= 4 is 27.5 Å². The predicted molar refractivity (Wildman–Crippen MR) is 124 cm³/mol. The van der Waals surface area contributed by atoms with Crippen LogP contribution in [-0.2, 0) is 19.6 Å². The summed E-state index contributed by atoms with van der Waals surface area (Å²) in [5.41, 5.74) is 0.720. The van der Waals surface area contributed by atoms with Crippen LogP contribution in [0.1, 0.15) is 29.6 Å². The Morgan fingerprint density at radius 2 is 1.76 bits per heavy atom. The number of nitrogens with zero attached hydrogens (tertiary/aromatic N) is 1. The third kappa shape index (κ3) is 6.23. The van der Waals surface area contributed by atoms with Crippen molar-refractivity contribution in [2.75, 3.05) is 38.6 Å². The predicted octanol–water partition coefficient (Wildman–Crippen LogP) is 2.25.